The van der Waals surface area contributed by atoms with E-state index >= 15 is 0 Å². The van der Waals surface area contributed by atoms with Gasteiger partial charge < -0.3 is 10.1 Å². The van der Waals surface area contributed by atoms with E-state index in [-0.39, 0.29) is 5.75 Å². The van der Waals surface area contributed by atoms with Crippen LogP contribution in [0.3, 0.4) is 0 Å². The lowest BCUT2D eigenvalue weighted by molar-refractivity contribution is 0.476. The summed E-state index contributed by atoms with van der Waals surface area (Å²) in [5, 5.41) is 12.8. The minimum Gasteiger partial charge on any atom is -0.508 e. The SMILES string of the molecule is Oc1ccc2ccc(-c3cc4cccnc4[nH]3)cc2c1. The summed E-state index contributed by atoms with van der Waals surface area (Å²) in [6.45, 7) is 0. The molecule has 0 radical (unpaired) electrons. The van der Waals surface area contributed by atoms with Gasteiger partial charge in [0, 0.05) is 17.3 Å². The van der Waals surface area contributed by atoms with Crippen LogP contribution in [0, 0.1) is 0 Å². The Bertz CT molecular complexity index is 891. The van der Waals surface area contributed by atoms with Crippen LogP contribution in [0.15, 0.2) is 60.8 Å². The van der Waals surface area contributed by atoms with Crippen LogP contribution in [-0.4, -0.2) is 15.1 Å². The molecular weight excluding hydrogens is 248 g/mol. The highest BCUT2D eigenvalue weighted by Crippen LogP contribution is 2.28. The third kappa shape index (κ3) is 1.72. The fourth-order valence-corrected chi connectivity index (χ4v) is 2.51. The summed E-state index contributed by atoms with van der Waals surface area (Å²) in [6, 6.07) is 17.7. The molecule has 2 aromatic heterocycles. The molecule has 2 N–H and O–H groups in total. The number of aromatic nitrogens is 2. The Hall–Kier alpha value is -2.81. The van der Waals surface area contributed by atoms with E-state index in [0.29, 0.717) is 0 Å². The van der Waals surface area contributed by atoms with E-state index in [2.05, 4.69) is 34.2 Å². The summed E-state index contributed by atoms with van der Waals surface area (Å²) in [6.07, 6.45) is 1.78. The minimum atomic E-state index is 0.285. The summed E-state index contributed by atoms with van der Waals surface area (Å²) in [4.78, 5) is 7.63. The molecular formula is C17H12N2O. The second-order valence-corrected chi connectivity index (χ2v) is 4.87. The smallest absolute Gasteiger partial charge is 0.137 e. The van der Waals surface area contributed by atoms with Crippen LogP contribution >= 0.6 is 0 Å². The number of nitrogens with zero attached hydrogens (tertiary/aromatic N) is 1. The second-order valence-electron chi connectivity index (χ2n) is 4.87. The molecule has 0 aliphatic carbocycles. The number of rotatable bonds is 1. The number of phenols is 1. The molecule has 20 heavy (non-hydrogen) atoms. The lowest BCUT2D eigenvalue weighted by Crippen LogP contribution is -1.79. The average Bonchev–Trinajstić information content (AvgIpc) is 2.90. The first kappa shape index (κ1) is 11.1. The van der Waals surface area contributed by atoms with E-state index < -0.39 is 0 Å². The van der Waals surface area contributed by atoms with Crippen molar-refractivity contribution in [3.63, 3.8) is 0 Å². The number of aromatic amines is 1. The van der Waals surface area contributed by atoms with Crippen molar-refractivity contribution in [2.45, 2.75) is 0 Å². The summed E-state index contributed by atoms with van der Waals surface area (Å²) in [5.41, 5.74) is 3.00. The third-order valence-electron chi connectivity index (χ3n) is 3.53. The highest BCUT2D eigenvalue weighted by atomic mass is 16.3. The number of fused-ring (bicyclic) bond motifs is 2. The first-order valence-electron chi connectivity index (χ1n) is 6.46. The topological polar surface area (TPSA) is 48.9 Å². The molecule has 0 unspecified atom stereocenters. The van der Waals surface area contributed by atoms with Gasteiger partial charge in [0.05, 0.1) is 0 Å². The van der Waals surface area contributed by atoms with E-state index in [1.54, 1.807) is 18.3 Å². The molecule has 0 aliphatic rings. The van der Waals surface area contributed by atoms with Crippen molar-refractivity contribution in [1.29, 1.82) is 0 Å². The van der Waals surface area contributed by atoms with Gasteiger partial charge in [0.2, 0.25) is 0 Å². The molecule has 4 rings (SSSR count). The number of H-pyrrole nitrogens is 1. The van der Waals surface area contributed by atoms with E-state index in [1.165, 1.54) is 0 Å². The van der Waals surface area contributed by atoms with Gasteiger partial charge in [-0.25, -0.2) is 4.98 Å². The van der Waals surface area contributed by atoms with Crippen LogP contribution in [0.25, 0.3) is 33.1 Å². The molecule has 0 atom stereocenters. The molecule has 4 aromatic rings. The number of hydrogen-bond acceptors (Lipinski definition) is 2. The fourth-order valence-electron chi connectivity index (χ4n) is 2.51. The summed E-state index contributed by atoms with van der Waals surface area (Å²) >= 11 is 0. The molecule has 96 valence electrons. The van der Waals surface area contributed by atoms with Gasteiger partial charge in [0.25, 0.3) is 0 Å². The molecule has 0 amide bonds. The van der Waals surface area contributed by atoms with Crippen molar-refractivity contribution in [2.24, 2.45) is 0 Å². The molecule has 3 nitrogen and oxygen atoms in total. The van der Waals surface area contributed by atoms with Crippen molar-refractivity contribution < 1.29 is 5.11 Å². The van der Waals surface area contributed by atoms with Gasteiger partial charge >= 0.3 is 0 Å². The molecule has 2 heterocycles. The quantitative estimate of drug-likeness (QED) is 0.541. The largest absolute Gasteiger partial charge is 0.508 e. The molecule has 0 saturated heterocycles. The van der Waals surface area contributed by atoms with E-state index in [1.807, 2.05) is 18.2 Å². The molecule has 0 aliphatic heterocycles. The Labute approximate surface area is 115 Å². The van der Waals surface area contributed by atoms with Crippen LogP contribution in [0.4, 0.5) is 0 Å². The van der Waals surface area contributed by atoms with Crippen LogP contribution in [0.2, 0.25) is 0 Å². The maximum Gasteiger partial charge on any atom is 0.137 e. The maximum absolute atomic E-state index is 9.59. The standard InChI is InChI=1S/C17H12N2O/c20-15-6-5-11-3-4-12(8-14(11)9-15)16-10-13-2-1-7-18-17(13)19-16/h1-10,20H,(H,18,19). The molecule has 0 bridgehead atoms. The highest BCUT2D eigenvalue weighted by Gasteiger charge is 2.05. The normalized spacial score (nSPS) is 11.2. The van der Waals surface area contributed by atoms with Crippen LogP contribution in [0.5, 0.6) is 5.75 Å². The number of hydrogen-bond donors (Lipinski definition) is 2. The number of nitrogens with one attached hydrogen (secondary N) is 1. The zero-order valence-electron chi connectivity index (χ0n) is 10.7. The first-order chi connectivity index (χ1) is 9.79. The van der Waals surface area contributed by atoms with Crippen LogP contribution in [0.1, 0.15) is 0 Å². The number of aromatic hydroxyl groups is 1. The molecule has 0 fully saturated rings. The first-order valence-corrected chi connectivity index (χ1v) is 6.46. The summed E-state index contributed by atoms with van der Waals surface area (Å²) < 4.78 is 0. The van der Waals surface area contributed by atoms with E-state index in [9.17, 15) is 5.11 Å². The lowest BCUT2D eigenvalue weighted by atomic mass is 10.0. The Balaban J connectivity index is 1.92. The van der Waals surface area contributed by atoms with E-state index in [4.69, 9.17) is 0 Å². The van der Waals surface area contributed by atoms with Crippen molar-refractivity contribution in [3.8, 4) is 17.0 Å². The van der Waals surface area contributed by atoms with Crippen molar-refractivity contribution in [3.05, 3.63) is 60.8 Å². The average molecular weight is 260 g/mol. The summed E-state index contributed by atoms with van der Waals surface area (Å²) in [5.74, 6) is 0.285. The van der Waals surface area contributed by atoms with Crippen LogP contribution < -0.4 is 0 Å². The van der Waals surface area contributed by atoms with Crippen LogP contribution in [-0.2, 0) is 0 Å². The zero-order chi connectivity index (χ0) is 13.5. The third-order valence-corrected chi connectivity index (χ3v) is 3.53. The van der Waals surface area contributed by atoms with Gasteiger partial charge in [-0.3, -0.25) is 0 Å². The fraction of sp³-hybridized carbons (Fsp3) is 0. The monoisotopic (exact) mass is 260 g/mol. The van der Waals surface area contributed by atoms with Crippen molar-refractivity contribution in [2.75, 3.05) is 0 Å². The van der Waals surface area contributed by atoms with Gasteiger partial charge in [-0.05, 0) is 52.7 Å². The van der Waals surface area contributed by atoms with Gasteiger partial charge in [-0.1, -0.05) is 18.2 Å². The zero-order valence-corrected chi connectivity index (χ0v) is 10.7. The molecule has 0 spiro atoms. The Morgan fingerprint density at radius 3 is 2.65 bits per heavy atom. The van der Waals surface area contributed by atoms with Gasteiger partial charge in [-0.2, -0.15) is 0 Å². The lowest BCUT2D eigenvalue weighted by Gasteiger charge is -2.02. The Morgan fingerprint density at radius 2 is 1.75 bits per heavy atom. The van der Waals surface area contributed by atoms with Crippen molar-refractivity contribution in [1.82, 2.24) is 9.97 Å². The predicted octanol–water partition coefficient (Wildman–Crippen LogP) is 4.09. The maximum atomic E-state index is 9.59. The molecule has 3 heteroatoms. The minimum absolute atomic E-state index is 0.285. The highest BCUT2D eigenvalue weighted by molar-refractivity contribution is 5.90. The van der Waals surface area contributed by atoms with Crippen molar-refractivity contribution >= 4 is 21.8 Å². The van der Waals surface area contributed by atoms with Gasteiger partial charge in [0.1, 0.15) is 11.4 Å². The molecule has 2 aromatic carbocycles. The van der Waals surface area contributed by atoms with E-state index in [0.717, 1.165) is 33.1 Å². The molecule has 0 saturated carbocycles. The number of pyridine rings is 1. The van der Waals surface area contributed by atoms with Gasteiger partial charge in [-0.15, -0.1) is 0 Å². The number of benzene rings is 2. The second kappa shape index (κ2) is 4.10. The van der Waals surface area contributed by atoms with Gasteiger partial charge in [0.15, 0.2) is 0 Å². The Kier molecular flexibility index (Phi) is 2.27. The number of phenolic OH excluding ortho intramolecular Hbond substituents is 1. The summed E-state index contributed by atoms with van der Waals surface area (Å²) in [7, 11) is 0. The Morgan fingerprint density at radius 1 is 0.850 bits per heavy atom. The predicted molar refractivity (Wildman–Crippen MR) is 80.7 cm³/mol.